The van der Waals surface area contributed by atoms with Crippen molar-refractivity contribution in [3.8, 4) is 0 Å². The molecule has 0 aliphatic rings. The monoisotopic (exact) mass is 331 g/mol. The maximum absolute atomic E-state index is 4.70. The molecular weight excluding hydrogens is 310 g/mol. The Balaban J connectivity index is 1.72. The van der Waals surface area contributed by atoms with Crippen molar-refractivity contribution in [1.82, 2.24) is 19.6 Å². The van der Waals surface area contributed by atoms with E-state index in [1.807, 2.05) is 30.5 Å². The first-order valence-corrected chi connectivity index (χ1v) is 8.54. The Morgan fingerprint density at radius 3 is 2.52 bits per heavy atom. The fraction of sp³-hybridized carbons (Fsp3) is 0.250. The highest BCUT2D eigenvalue weighted by molar-refractivity contribution is 5.93. The van der Waals surface area contributed by atoms with Gasteiger partial charge in [-0.2, -0.15) is 4.52 Å². The van der Waals surface area contributed by atoms with Gasteiger partial charge in [0.2, 0.25) is 0 Å². The third kappa shape index (κ3) is 2.93. The largest absolute Gasteiger partial charge is 0.370 e. The number of nitrogens with one attached hydrogen (secondary N) is 1. The predicted octanol–water partition coefficient (Wildman–Crippen LogP) is 3.86. The lowest BCUT2D eigenvalue weighted by Crippen LogP contribution is -2.10. The van der Waals surface area contributed by atoms with Gasteiger partial charge in [-0.25, -0.2) is 9.97 Å². The van der Waals surface area contributed by atoms with Gasteiger partial charge in [-0.05, 0) is 44.4 Å². The fourth-order valence-corrected chi connectivity index (χ4v) is 3.25. The lowest BCUT2D eigenvalue weighted by atomic mass is 10.1. The van der Waals surface area contributed by atoms with E-state index in [2.05, 4.69) is 52.7 Å². The zero-order valence-corrected chi connectivity index (χ0v) is 14.7. The Morgan fingerprint density at radius 1 is 0.960 bits per heavy atom. The summed E-state index contributed by atoms with van der Waals surface area (Å²) in [7, 11) is 0. The Kier molecular flexibility index (Phi) is 3.84. The molecule has 25 heavy (non-hydrogen) atoms. The van der Waals surface area contributed by atoms with Gasteiger partial charge in [0, 0.05) is 24.0 Å². The van der Waals surface area contributed by atoms with Crippen LogP contribution in [-0.2, 0) is 6.42 Å². The molecule has 4 rings (SSSR count). The normalized spacial score (nSPS) is 11.3. The van der Waals surface area contributed by atoms with Crippen molar-refractivity contribution >= 4 is 22.5 Å². The van der Waals surface area contributed by atoms with Crippen LogP contribution in [0.2, 0.25) is 0 Å². The first kappa shape index (κ1) is 15.6. The van der Waals surface area contributed by atoms with Gasteiger partial charge < -0.3 is 5.32 Å². The van der Waals surface area contributed by atoms with E-state index in [1.54, 1.807) is 0 Å². The molecule has 4 aromatic rings. The second kappa shape index (κ2) is 6.16. The third-order valence-electron chi connectivity index (χ3n) is 4.36. The molecule has 0 saturated carbocycles. The number of hydrogen-bond acceptors (Lipinski definition) is 4. The molecule has 3 heterocycles. The van der Waals surface area contributed by atoms with Gasteiger partial charge in [-0.15, -0.1) is 5.10 Å². The molecular formula is C20H21N5. The zero-order valence-electron chi connectivity index (χ0n) is 14.7. The molecule has 0 amide bonds. The number of fused-ring (bicyclic) bond motifs is 3. The van der Waals surface area contributed by atoms with Crippen molar-refractivity contribution < 1.29 is 0 Å². The number of benzene rings is 1. The molecule has 5 nitrogen and oxygen atoms in total. The summed E-state index contributed by atoms with van der Waals surface area (Å²) in [5.41, 5.74) is 6.03. The van der Waals surface area contributed by atoms with Crippen LogP contribution in [0, 0.1) is 20.8 Å². The lowest BCUT2D eigenvalue weighted by Gasteiger charge is -2.09. The van der Waals surface area contributed by atoms with E-state index in [4.69, 9.17) is 4.98 Å². The van der Waals surface area contributed by atoms with Crippen LogP contribution in [0.3, 0.4) is 0 Å². The highest BCUT2D eigenvalue weighted by Crippen LogP contribution is 2.24. The smallest absolute Gasteiger partial charge is 0.184 e. The Morgan fingerprint density at radius 2 is 1.72 bits per heavy atom. The van der Waals surface area contributed by atoms with Gasteiger partial charge in [-0.3, -0.25) is 0 Å². The summed E-state index contributed by atoms with van der Waals surface area (Å²) >= 11 is 0. The van der Waals surface area contributed by atoms with Gasteiger partial charge in [0.1, 0.15) is 5.82 Å². The minimum absolute atomic E-state index is 0.752. The molecule has 0 bridgehead atoms. The minimum Gasteiger partial charge on any atom is -0.370 e. The van der Waals surface area contributed by atoms with E-state index in [0.717, 1.165) is 52.4 Å². The summed E-state index contributed by atoms with van der Waals surface area (Å²) in [6.07, 6.45) is 0.959. The Hall–Kier alpha value is -2.95. The van der Waals surface area contributed by atoms with Crippen molar-refractivity contribution in [1.29, 1.82) is 0 Å². The molecule has 0 unspecified atom stereocenters. The van der Waals surface area contributed by atoms with Gasteiger partial charge in [0.15, 0.2) is 11.3 Å². The molecule has 0 atom stereocenters. The maximum Gasteiger partial charge on any atom is 0.184 e. The summed E-state index contributed by atoms with van der Waals surface area (Å²) < 4.78 is 1.88. The molecule has 5 heteroatoms. The van der Waals surface area contributed by atoms with Gasteiger partial charge in [-0.1, -0.05) is 30.3 Å². The van der Waals surface area contributed by atoms with Crippen LogP contribution in [0.1, 0.15) is 22.5 Å². The molecule has 0 aliphatic carbocycles. The average molecular weight is 331 g/mol. The Labute approximate surface area is 146 Å². The first-order valence-electron chi connectivity index (χ1n) is 8.54. The molecule has 126 valence electrons. The van der Waals surface area contributed by atoms with Crippen molar-refractivity contribution in [2.75, 3.05) is 11.9 Å². The quantitative estimate of drug-likeness (QED) is 0.617. The first-order chi connectivity index (χ1) is 12.1. The van der Waals surface area contributed by atoms with Crippen molar-refractivity contribution in [2.24, 2.45) is 0 Å². The number of rotatable bonds is 4. The van der Waals surface area contributed by atoms with E-state index >= 15 is 0 Å². The number of pyridine rings is 1. The van der Waals surface area contributed by atoms with Crippen LogP contribution in [0.5, 0.6) is 0 Å². The van der Waals surface area contributed by atoms with Gasteiger partial charge in [0.25, 0.3) is 0 Å². The van der Waals surface area contributed by atoms with Gasteiger partial charge in [0.05, 0.1) is 5.39 Å². The molecule has 0 radical (unpaired) electrons. The topological polar surface area (TPSA) is 55.1 Å². The minimum atomic E-state index is 0.752. The number of hydrogen-bond donors (Lipinski definition) is 1. The number of aromatic nitrogens is 4. The molecule has 0 saturated heterocycles. The molecule has 0 aliphatic heterocycles. The van der Waals surface area contributed by atoms with Crippen molar-refractivity contribution in [3.05, 3.63) is 65.0 Å². The molecule has 1 aromatic carbocycles. The number of anilines is 1. The SMILES string of the molecule is Cc1cc(C)c2c(n1)nn1c(NCCc3ccccc3)cc(C)nc21. The number of aryl methyl sites for hydroxylation is 3. The fourth-order valence-electron chi connectivity index (χ4n) is 3.25. The Bertz CT molecular complexity index is 1050. The molecule has 0 spiro atoms. The molecule has 3 aromatic heterocycles. The van der Waals surface area contributed by atoms with Crippen LogP contribution in [-0.4, -0.2) is 26.1 Å². The second-order valence-electron chi connectivity index (χ2n) is 6.46. The van der Waals surface area contributed by atoms with E-state index in [-0.39, 0.29) is 0 Å². The van der Waals surface area contributed by atoms with Crippen LogP contribution < -0.4 is 5.32 Å². The third-order valence-corrected chi connectivity index (χ3v) is 4.36. The van der Waals surface area contributed by atoms with Crippen LogP contribution in [0.25, 0.3) is 16.7 Å². The van der Waals surface area contributed by atoms with Gasteiger partial charge >= 0.3 is 0 Å². The summed E-state index contributed by atoms with van der Waals surface area (Å²) in [5.74, 6) is 0.952. The van der Waals surface area contributed by atoms with Crippen LogP contribution in [0.4, 0.5) is 5.82 Å². The predicted molar refractivity (Wildman–Crippen MR) is 101 cm³/mol. The summed E-state index contributed by atoms with van der Waals surface area (Å²) in [6.45, 7) is 6.93. The highest BCUT2D eigenvalue weighted by atomic mass is 15.3. The summed E-state index contributed by atoms with van der Waals surface area (Å²) in [6, 6.07) is 14.6. The van der Waals surface area contributed by atoms with Crippen LogP contribution in [0.15, 0.2) is 42.5 Å². The van der Waals surface area contributed by atoms with E-state index in [0.29, 0.717) is 0 Å². The van der Waals surface area contributed by atoms with Crippen LogP contribution >= 0.6 is 0 Å². The summed E-state index contributed by atoms with van der Waals surface area (Å²) in [4.78, 5) is 9.27. The summed E-state index contributed by atoms with van der Waals surface area (Å²) in [5, 5.41) is 9.22. The second-order valence-corrected chi connectivity index (χ2v) is 6.46. The maximum atomic E-state index is 4.70. The lowest BCUT2D eigenvalue weighted by molar-refractivity contribution is 0.911. The highest BCUT2D eigenvalue weighted by Gasteiger charge is 2.14. The van der Waals surface area contributed by atoms with E-state index in [9.17, 15) is 0 Å². The zero-order chi connectivity index (χ0) is 17.4. The average Bonchev–Trinajstić information content (AvgIpc) is 2.94. The number of nitrogens with zero attached hydrogens (tertiary/aromatic N) is 4. The van der Waals surface area contributed by atoms with Crippen molar-refractivity contribution in [2.45, 2.75) is 27.2 Å². The van der Waals surface area contributed by atoms with Crippen molar-refractivity contribution in [3.63, 3.8) is 0 Å². The van der Waals surface area contributed by atoms with E-state index in [1.165, 1.54) is 5.56 Å². The molecule has 1 N–H and O–H groups in total. The standard InChI is InChI=1S/C20H21N5/c1-13-11-14(2)22-19-18(13)20-23-15(3)12-17(25(20)24-19)21-10-9-16-7-5-4-6-8-16/h4-8,11-12,21H,9-10H2,1-3H3. The molecule has 0 fully saturated rings. The van der Waals surface area contributed by atoms with E-state index < -0.39 is 0 Å².